The first kappa shape index (κ1) is 9.46. The number of nitrogens with zero attached hydrogens (tertiary/aromatic N) is 1. The van der Waals surface area contributed by atoms with Crippen LogP contribution >= 0.6 is 0 Å². The monoisotopic (exact) mass is 194 g/mol. The van der Waals surface area contributed by atoms with Crippen LogP contribution in [0.25, 0.3) is 0 Å². The molecule has 0 bridgehead atoms. The van der Waals surface area contributed by atoms with Crippen LogP contribution in [0.2, 0.25) is 0 Å². The highest BCUT2D eigenvalue weighted by molar-refractivity contribution is 5.47. The maximum absolute atomic E-state index is 12.9. The summed E-state index contributed by atoms with van der Waals surface area (Å²) in [5, 5.41) is 0. The van der Waals surface area contributed by atoms with Crippen molar-refractivity contribution >= 4 is 5.69 Å². The van der Waals surface area contributed by atoms with Crippen LogP contribution in [0.5, 0.6) is 0 Å². The molecule has 2 N–H and O–H groups in total. The summed E-state index contributed by atoms with van der Waals surface area (Å²) >= 11 is 0. The van der Waals surface area contributed by atoms with E-state index in [2.05, 4.69) is 4.90 Å². The number of anilines is 1. The summed E-state index contributed by atoms with van der Waals surface area (Å²) in [6, 6.07) is 7.49. The van der Waals surface area contributed by atoms with Crippen molar-refractivity contribution < 1.29 is 4.39 Å². The average Bonchev–Trinajstić information content (AvgIpc) is 2.12. The van der Waals surface area contributed by atoms with E-state index in [9.17, 15) is 4.39 Å². The van der Waals surface area contributed by atoms with Crippen LogP contribution in [0.1, 0.15) is 12.8 Å². The molecular weight excluding hydrogens is 179 g/mol. The fraction of sp³-hybridized carbons (Fsp3) is 0.455. The number of halogens is 1. The lowest BCUT2D eigenvalue weighted by Gasteiger charge is -2.40. The van der Waals surface area contributed by atoms with E-state index in [1.165, 1.54) is 6.07 Å². The molecule has 76 valence electrons. The second-order valence-corrected chi connectivity index (χ2v) is 3.98. The quantitative estimate of drug-likeness (QED) is 0.777. The van der Waals surface area contributed by atoms with E-state index in [1.54, 1.807) is 12.1 Å². The Balaban J connectivity index is 2.07. The van der Waals surface area contributed by atoms with Crippen molar-refractivity contribution in [3.8, 4) is 0 Å². The topological polar surface area (TPSA) is 29.3 Å². The summed E-state index contributed by atoms with van der Waals surface area (Å²) < 4.78 is 12.9. The maximum atomic E-state index is 12.9. The van der Waals surface area contributed by atoms with Gasteiger partial charge in [-0.3, -0.25) is 0 Å². The molecule has 0 atom stereocenters. The van der Waals surface area contributed by atoms with E-state index in [1.807, 2.05) is 13.1 Å². The number of benzene rings is 1. The van der Waals surface area contributed by atoms with Crippen molar-refractivity contribution in [2.45, 2.75) is 24.9 Å². The molecule has 1 aliphatic carbocycles. The normalized spacial score (nSPS) is 25.6. The SMILES string of the molecule is CN(c1cccc(F)c1)C1CC(N)C1. The zero-order valence-corrected chi connectivity index (χ0v) is 8.28. The summed E-state index contributed by atoms with van der Waals surface area (Å²) in [5.41, 5.74) is 6.65. The Bertz CT molecular complexity index is 321. The lowest BCUT2D eigenvalue weighted by molar-refractivity contribution is 0.340. The molecule has 0 saturated heterocycles. The van der Waals surface area contributed by atoms with Crippen molar-refractivity contribution in [3.05, 3.63) is 30.1 Å². The third-order valence-electron chi connectivity index (χ3n) is 2.91. The lowest BCUT2D eigenvalue weighted by Crippen LogP contribution is -2.49. The van der Waals surface area contributed by atoms with Crippen LogP contribution in [0.15, 0.2) is 24.3 Å². The highest BCUT2D eigenvalue weighted by Gasteiger charge is 2.29. The first-order chi connectivity index (χ1) is 6.66. The van der Waals surface area contributed by atoms with E-state index < -0.39 is 0 Å². The molecule has 3 heteroatoms. The van der Waals surface area contributed by atoms with E-state index in [0.717, 1.165) is 18.5 Å². The minimum atomic E-state index is -0.182. The van der Waals surface area contributed by atoms with E-state index in [-0.39, 0.29) is 5.82 Å². The molecule has 1 aliphatic rings. The molecule has 1 saturated carbocycles. The summed E-state index contributed by atoms with van der Waals surface area (Å²) in [6.07, 6.45) is 2.01. The fourth-order valence-electron chi connectivity index (χ4n) is 1.85. The van der Waals surface area contributed by atoms with Crippen LogP contribution in [-0.4, -0.2) is 19.1 Å². The van der Waals surface area contributed by atoms with Gasteiger partial charge in [0.25, 0.3) is 0 Å². The molecule has 14 heavy (non-hydrogen) atoms. The second kappa shape index (κ2) is 3.58. The highest BCUT2D eigenvalue weighted by atomic mass is 19.1. The fourth-order valence-corrected chi connectivity index (χ4v) is 1.85. The smallest absolute Gasteiger partial charge is 0.125 e. The minimum Gasteiger partial charge on any atom is -0.371 e. The molecule has 2 nitrogen and oxygen atoms in total. The van der Waals surface area contributed by atoms with Gasteiger partial charge in [-0.1, -0.05) is 6.07 Å². The molecule has 0 spiro atoms. The number of rotatable bonds is 2. The van der Waals surface area contributed by atoms with Gasteiger partial charge in [0.05, 0.1) is 0 Å². The number of nitrogens with two attached hydrogens (primary N) is 1. The van der Waals surface area contributed by atoms with Crippen molar-refractivity contribution in [1.82, 2.24) is 0 Å². The molecule has 0 radical (unpaired) electrons. The third kappa shape index (κ3) is 1.73. The van der Waals surface area contributed by atoms with Crippen LogP contribution in [0.3, 0.4) is 0 Å². The molecule has 2 rings (SSSR count). The molecule has 0 aliphatic heterocycles. The second-order valence-electron chi connectivity index (χ2n) is 3.98. The Morgan fingerprint density at radius 1 is 1.43 bits per heavy atom. The van der Waals surface area contributed by atoms with Crippen molar-refractivity contribution in [2.24, 2.45) is 5.73 Å². The number of hydrogen-bond donors (Lipinski definition) is 1. The standard InChI is InChI=1S/C11H15FN2/c1-14(11-6-9(13)7-11)10-4-2-3-8(12)5-10/h2-5,9,11H,6-7,13H2,1H3. The Morgan fingerprint density at radius 3 is 2.71 bits per heavy atom. The summed E-state index contributed by atoms with van der Waals surface area (Å²) in [4.78, 5) is 2.10. The van der Waals surface area contributed by atoms with Crippen LogP contribution in [0.4, 0.5) is 10.1 Å². The molecule has 1 fully saturated rings. The van der Waals surface area contributed by atoms with Crippen LogP contribution < -0.4 is 10.6 Å². The Morgan fingerprint density at radius 2 is 2.14 bits per heavy atom. The van der Waals surface area contributed by atoms with Crippen LogP contribution in [0, 0.1) is 5.82 Å². The molecule has 0 aromatic heterocycles. The van der Waals surface area contributed by atoms with Gasteiger partial charge in [0, 0.05) is 24.8 Å². The molecule has 0 heterocycles. The van der Waals surface area contributed by atoms with Gasteiger partial charge in [-0.15, -0.1) is 0 Å². The van der Waals surface area contributed by atoms with Gasteiger partial charge in [-0.2, -0.15) is 0 Å². The lowest BCUT2D eigenvalue weighted by atomic mass is 9.86. The maximum Gasteiger partial charge on any atom is 0.125 e. The average molecular weight is 194 g/mol. The Labute approximate surface area is 83.5 Å². The van der Waals surface area contributed by atoms with E-state index in [0.29, 0.717) is 12.1 Å². The third-order valence-corrected chi connectivity index (χ3v) is 2.91. The Hall–Kier alpha value is -1.09. The molecule has 1 aromatic rings. The summed E-state index contributed by atoms with van der Waals surface area (Å²) in [6.45, 7) is 0. The molecule has 0 amide bonds. The first-order valence-electron chi connectivity index (χ1n) is 4.91. The van der Waals surface area contributed by atoms with Gasteiger partial charge in [0.1, 0.15) is 5.82 Å². The van der Waals surface area contributed by atoms with Gasteiger partial charge in [-0.25, -0.2) is 4.39 Å². The van der Waals surface area contributed by atoms with Gasteiger partial charge in [0.15, 0.2) is 0 Å². The predicted octanol–water partition coefficient (Wildman–Crippen LogP) is 1.75. The predicted molar refractivity (Wildman–Crippen MR) is 55.8 cm³/mol. The van der Waals surface area contributed by atoms with Gasteiger partial charge >= 0.3 is 0 Å². The molecule has 0 unspecified atom stereocenters. The van der Waals surface area contributed by atoms with Crippen LogP contribution in [-0.2, 0) is 0 Å². The molecular formula is C11H15FN2. The molecule has 1 aromatic carbocycles. The highest BCUT2D eigenvalue weighted by Crippen LogP contribution is 2.27. The van der Waals surface area contributed by atoms with Crippen molar-refractivity contribution in [1.29, 1.82) is 0 Å². The summed E-state index contributed by atoms with van der Waals surface area (Å²) in [7, 11) is 1.99. The van der Waals surface area contributed by atoms with Gasteiger partial charge in [0.2, 0.25) is 0 Å². The van der Waals surface area contributed by atoms with Gasteiger partial charge in [-0.05, 0) is 31.0 Å². The van der Waals surface area contributed by atoms with Crippen molar-refractivity contribution in [3.63, 3.8) is 0 Å². The first-order valence-corrected chi connectivity index (χ1v) is 4.91. The van der Waals surface area contributed by atoms with Crippen molar-refractivity contribution in [2.75, 3.05) is 11.9 Å². The largest absolute Gasteiger partial charge is 0.371 e. The summed E-state index contributed by atoms with van der Waals surface area (Å²) in [5.74, 6) is -0.182. The minimum absolute atomic E-state index is 0.182. The zero-order valence-electron chi connectivity index (χ0n) is 8.28. The van der Waals surface area contributed by atoms with E-state index in [4.69, 9.17) is 5.73 Å². The van der Waals surface area contributed by atoms with E-state index >= 15 is 0 Å². The number of hydrogen-bond acceptors (Lipinski definition) is 2. The Kier molecular flexibility index (Phi) is 2.42. The van der Waals surface area contributed by atoms with Gasteiger partial charge < -0.3 is 10.6 Å². The zero-order chi connectivity index (χ0) is 10.1.